The fourth-order valence-corrected chi connectivity index (χ4v) is 4.93. The predicted octanol–water partition coefficient (Wildman–Crippen LogP) is -1.83. The van der Waals surface area contributed by atoms with Gasteiger partial charge in [0.05, 0.1) is 23.7 Å². The molecule has 0 spiro atoms. The molecule has 0 aromatic carbocycles. The standard InChI is InChI=1S/C16H14N2O8/c19-7(20)3-17-13(23)9-5-1-2-6(11(9)15(17)25)12-10(5)14(24)18(16(12)26)4-8(21)22/h1-2,5-6,9-12H,3-4H2,(H,19,20)(H,21,22)/t5?,6?,9-,10-,11-,12-/m1/s1. The van der Waals surface area contributed by atoms with Crippen LogP contribution in [-0.2, 0) is 28.8 Å². The number of imide groups is 2. The Morgan fingerprint density at radius 1 is 0.692 bits per heavy atom. The van der Waals surface area contributed by atoms with Crippen molar-refractivity contribution in [1.82, 2.24) is 9.80 Å². The number of amides is 4. The Morgan fingerprint density at radius 2 is 0.962 bits per heavy atom. The lowest BCUT2D eigenvalue weighted by Crippen LogP contribution is -2.50. The average Bonchev–Trinajstić information content (AvgIpc) is 2.98. The van der Waals surface area contributed by atoms with Crippen LogP contribution in [0.2, 0.25) is 0 Å². The molecule has 3 aliphatic carbocycles. The zero-order chi connectivity index (χ0) is 18.9. The van der Waals surface area contributed by atoms with Crippen LogP contribution in [0.3, 0.4) is 0 Å². The highest BCUT2D eigenvalue weighted by molar-refractivity contribution is 6.12. The van der Waals surface area contributed by atoms with Crippen LogP contribution < -0.4 is 0 Å². The quantitative estimate of drug-likeness (QED) is 0.438. The normalized spacial score (nSPS) is 37.4. The summed E-state index contributed by atoms with van der Waals surface area (Å²) < 4.78 is 0. The second-order valence-electron chi connectivity index (χ2n) is 6.96. The van der Waals surface area contributed by atoms with Gasteiger partial charge in [-0.15, -0.1) is 0 Å². The Balaban J connectivity index is 1.72. The van der Waals surface area contributed by atoms with E-state index in [0.717, 1.165) is 0 Å². The number of carbonyl (C=O) groups is 6. The van der Waals surface area contributed by atoms with Gasteiger partial charge in [-0.3, -0.25) is 38.6 Å². The van der Waals surface area contributed by atoms with E-state index in [1.165, 1.54) is 0 Å². The molecule has 2 N–H and O–H groups in total. The van der Waals surface area contributed by atoms with Crippen molar-refractivity contribution in [2.24, 2.45) is 35.5 Å². The Kier molecular flexibility index (Phi) is 3.30. The molecule has 5 aliphatic rings. The summed E-state index contributed by atoms with van der Waals surface area (Å²) in [6.07, 6.45) is 3.25. The summed E-state index contributed by atoms with van der Waals surface area (Å²) in [5, 5.41) is 17.8. The maximum absolute atomic E-state index is 12.6. The molecule has 0 aromatic heterocycles. The topological polar surface area (TPSA) is 149 Å². The summed E-state index contributed by atoms with van der Waals surface area (Å²) in [6, 6.07) is 0. The van der Waals surface area contributed by atoms with Crippen LogP contribution in [-0.4, -0.2) is 68.7 Å². The molecule has 26 heavy (non-hydrogen) atoms. The van der Waals surface area contributed by atoms with Crippen LogP contribution in [0.4, 0.5) is 0 Å². The van der Waals surface area contributed by atoms with Crippen LogP contribution in [0.15, 0.2) is 12.2 Å². The van der Waals surface area contributed by atoms with E-state index < -0.39 is 84.2 Å². The van der Waals surface area contributed by atoms with Gasteiger partial charge in [-0.25, -0.2) is 0 Å². The van der Waals surface area contributed by atoms with Gasteiger partial charge in [-0.2, -0.15) is 0 Å². The van der Waals surface area contributed by atoms with Gasteiger partial charge in [0.1, 0.15) is 13.1 Å². The van der Waals surface area contributed by atoms with Gasteiger partial charge < -0.3 is 10.2 Å². The SMILES string of the molecule is O=C(O)CN1C(=O)[C@@H]2C3C=CC([C@H]2C1=O)[C@H]1C(=O)N(CC(=O)O)C(=O)[C@H]31. The lowest BCUT2D eigenvalue weighted by atomic mass is 9.54. The lowest BCUT2D eigenvalue weighted by molar-refractivity contribution is -0.150. The molecule has 2 heterocycles. The van der Waals surface area contributed by atoms with Crippen molar-refractivity contribution < 1.29 is 39.0 Å². The Bertz CT molecular complexity index is 707. The first-order valence-corrected chi connectivity index (χ1v) is 8.06. The van der Waals surface area contributed by atoms with Gasteiger partial charge in [0.25, 0.3) is 0 Å². The van der Waals surface area contributed by atoms with E-state index in [1.807, 2.05) is 0 Å². The first-order chi connectivity index (χ1) is 12.2. The number of hydrogen-bond acceptors (Lipinski definition) is 6. The molecule has 5 rings (SSSR count). The van der Waals surface area contributed by atoms with Crippen molar-refractivity contribution in [1.29, 1.82) is 0 Å². The fraction of sp³-hybridized carbons (Fsp3) is 0.500. The zero-order valence-corrected chi connectivity index (χ0v) is 13.3. The summed E-state index contributed by atoms with van der Waals surface area (Å²) >= 11 is 0. The van der Waals surface area contributed by atoms with Crippen molar-refractivity contribution in [2.75, 3.05) is 13.1 Å². The van der Waals surface area contributed by atoms with E-state index in [9.17, 15) is 28.8 Å². The smallest absolute Gasteiger partial charge is 0.323 e. The predicted molar refractivity (Wildman–Crippen MR) is 78.8 cm³/mol. The van der Waals surface area contributed by atoms with Crippen LogP contribution in [0.5, 0.6) is 0 Å². The molecule has 2 saturated heterocycles. The van der Waals surface area contributed by atoms with Crippen LogP contribution in [0.25, 0.3) is 0 Å². The third-order valence-electron chi connectivity index (χ3n) is 5.78. The van der Waals surface area contributed by atoms with Gasteiger partial charge >= 0.3 is 11.9 Å². The Hall–Kier alpha value is -3.04. The molecule has 4 atom stereocenters. The third kappa shape index (κ3) is 1.92. The van der Waals surface area contributed by atoms with Gasteiger partial charge in [0, 0.05) is 11.8 Å². The fourth-order valence-electron chi connectivity index (χ4n) is 4.93. The van der Waals surface area contributed by atoms with E-state index in [-0.39, 0.29) is 0 Å². The molecule has 0 aromatic rings. The van der Waals surface area contributed by atoms with Crippen molar-refractivity contribution in [3.8, 4) is 0 Å². The van der Waals surface area contributed by atoms with E-state index in [1.54, 1.807) is 12.2 Å². The summed E-state index contributed by atoms with van der Waals surface area (Å²) in [6.45, 7) is -1.51. The highest BCUT2D eigenvalue weighted by Crippen LogP contribution is 2.57. The Labute approximate surface area is 146 Å². The molecule has 0 unspecified atom stereocenters. The van der Waals surface area contributed by atoms with E-state index in [4.69, 9.17) is 10.2 Å². The minimum absolute atomic E-state index is 0.655. The van der Waals surface area contributed by atoms with Gasteiger partial charge in [0.15, 0.2) is 0 Å². The second kappa shape index (κ2) is 5.23. The molecule has 0 radical (unpaired) electrons. The minimum atomic E-state index is -1.33. The van der Waals surface area contributed by atoms with E-state index in [2.05, 4.69) is 0 Å². The highest BCUT2D eigenvalue weighted by atomic mass is 16.4. The zero-order valence-electron chi connectivity index (χ0n) is 13.3. The highest BCUT2D eigenvalue weighted by Gasteiger charge is 2.68. The lowest BCUT2D eigenvalue weighted by Gasteiger charge is -2.44. The molecule has 136 valence electrons. The number of hydrogen-bond donors (Lipinski definition) is 2. The number of carboxylic acids is 2. The number of rotatable bonds is 4. The summed E-state index contributed by atoms with van der Waals surface area (Å²) in [7, 11) is 0. The number of carbonyl (C=O) groups excluding carboxylic acids is 4. The van der Waals surface area contributed by atoms with Gasteiger partial charge in [0.2, 0.25) is 23.6 Å². The molecule has 4 amide bonds. The molecule has 2 bridgehead atoms. The molecule has 3 fully saturated rings. The summed E-state index contributed by atoms with van der Waals surface area (Å²) in [4.78, 5) is 73.7. The molecule has 2 aliphatic heterocycles. The summed E-state index contributed by atoms with van der Waals surface area (Å²) in [5.41, 5.74) is 0. The maximum Gasteiger partial charge on any atom is 0.323 e. The van der Waals surface area contributed by atoms with Gasteiger partial charge in [-0.1, -0.05) is 12.2 Å². The number of allylic oxidation sites excluding steroid dienone is 2. The third-order valence-corrected chi connectivity index (χ3v) is 5.78. The maximum atomic E-state index is 12.6. The van der Waals surface area contributed by atoms with Crippen LogP contribution >= 0.6 is 0 Å². The van der Waals surface area contributed by atoms with E-state index in [0.29, 0.717) is 9.80 Å². The number of aliphatic carboxylic acids is 2. The monoisotopic (exact) mass is 362 g/mol. The first kappa shape index (κ1) is 16.4. The van der Waals surface area contributed by atoms with Gasteiger partial charge in [-0.05, 0) is 0 Å². The van der Waals surface area contributed by atoms with Crippen molar-refractivity contribution in [2.45, 2.75) is 0 Å². The number of carboxylic acid groups (broad SMARTS) is 2. The largest absolute Gasteiger partial charge is 0.480 e. The van der Waals surface area contributed by atoms with Crippen molar-refractivity contribution in [3.05, 3.63) is 12.2 Å². The Morgan fingerprint density at radius 3 is 1.19 bits per heavy atom. The molecule has 10 nitrogen and oxygen atoms in total. The minimum Gasteiger partial charge on any atom is -0.480 e. The van der Waals surface area contributed by atoms with Crippen LogP contribution in [0.1, 0.15) is 0 Å². The molecule has 1 saturated carbocycles. The molecular formula is C16H14N2O8. The number of likely N-dealkylation sites (tertiary alicyclic amines) is 2. The van der Waals surface area contributed by atoms with Crippen molar-refractivity contribution >= 4 is 35.6 Å². The summed E-state index contributed by atoms with van der Waals surface area (Å²) in [5.74, 6) is -10.3. The van der Waals surface area contributed by atoms with Crippen LogP contribution in [0, 0.1) is 35.5 Å². The molecular weight excluding hydrogens is 348 g/mol. The van der Waals surface area contributed by atoms with E-state index >= 15 is 0 Å². The van der Waals surface area contributed by atoms with Crippen molar-refractivity contribution in [3.63, 3.8) is 0 Å². The first-order valence-electron chi connectivity index (χ1n) is 8.06. The molecule has 10 heteroatoms. The average molecular weight is 362 g/mol. The number of nitrogens with zero attached hydrogens (tertiary/aromatic N) is 2. The second-order valence-corrected chi connectivity index (χ2v) is 6.96.